The first-order valence-electron chi connectivity index (χ1n) is 8.53. The van der Waals surface area contributed by atoms with E-state index in [1.165, 1.54) is 0 Å². The molecule has 126 valence electrons. The van der Waals surface area contributed by atoms with Gasteiger partial charge in [0.1, 0.15) is 17.5 Å². The Hall–Kier alpha value is -2.79. The van der Waals surface area contributed by atoms with Gasteiger partial charge in [-0.3, -0.25) is 4.98 Å². The van der Waals surface area contributed by atoms with Crippen molar-refractivity contribution in [2.24, 2.45) is 5.18 Å². The van der Waals surface area contributed by atoms with Crippen LogP contribution in [0.25, 0.3) is 21.9 Å². The molecule has 0 spiro atoms. The molecule has 0 aliphatic carbocycles. The number of piperidine rings is 1. The zero-order chi connectivity index (χ0) is 17.1. The van der Waals surface area contributed by atoms with Gasteiger partial charge in [0.05, 0.1) is 0 Å². The number of fused-ring (bicyclic) bond motifs is 1. The maximum atomic E-state index is 10.7. The van der Waals surface area contributed by atoms with E-state index in [1.54, 1.807) is 18.3 Å². The Morgan fingerprint density at radius 2 is 1.84 bits per heavy atom. The molecule has 1 fully saturated rings. The molecule has 1 N–H and O–H groups in total. The highest BCUT2D eigenvalue weighted by molar-refractivity contribution is 5.99. The van der Waals surface area contributed by atoms with Crippen LogP contribution >= 0.6 is 0 Å². The van der Waals surface area contributed by atoms with Gasteiger partial charge >= 0.3 is 0 Å². The molecule has 1 aromatic heterocycles. The van der Waals surface area contributed by atoms with Gasteiger partial charge in [0.25, 0.3) is 0 Å². The third-order valence-corrected chi connectivity index (χ3v) is 4.62. The summed E-state index contributed by atoms with van der Waals surface area (Å²) in [7, 11) is 0. The van der Waals surface area contributed by atoms with Crippen LogP contribution in [0.3, 0.4) is 0 Å². The Bertz CT molecular complexity index is 887. The first-order valence-corrected chi connectivity index (χ1v) is 8.53. The van der Waals surface area contributed by atoms with Crippen molar-refractivity contribution in [2.75, 3.05) is 13.1 Å². The molecular weight excluding hydrogens is 314 g/mol. The van der Waals surface area contributed by atoms with Crippen LogP contribution in [-0.2, 0) is 0 Å². The van der Waals surface area contributed by atoms with Crippen molar-refractivity contribution in [2.45, 2.75) is 18.9 Å². The molecule has 1 aliphatic heterocycles. The van der Waals surface area contributed by atoms with Crippen LogP contribution < -0.4 is 10.1 Å². The van der Waals surface area contributed by atoms with Crippen molar-refractivity contribution < 1.29 is 4.74 Å². The lowest BCUT2D eigenvalue weighted by Crippen LogP contribution is -2.34. The monoisotopic (exact) mass is 333 g/mol. The summed E-state index contributed by atoms with van der Waals surface area (Å²) >= 11 is 0. The second kappa shape index (κ2) is 6.99. The molecule has 0 atom stereocenters. The molecule has 5 heteroatoms. The van der Waals surface area contributed by atoms with Crippen molar-refractivity contribution in [1.29, 1.82) is 0 Å². The minimum absolute atomic E-state index is 0.218. The molecular formula is C20H19N3O2. The summed E-state index contributed by atoms with van der Waals surface area (Å²) in [6.45, 7) is 1.97. The van der Waals surface area contributed by atoms with E-state index in [2.05, 4.69) is 15.5 Å². The highest BCUT2D eigenvalue weighted by atomic mass is 16.5. The Kier molecular flexibility index (Phi) is 4.39. The van der Waals surface area contributed by atoms with E-state index in [0.717, 1.165) is 53.6 Å². The summed E-state index contributed by atoms with van der Waals surface area (Å²) in [5.41, 5.74) is 2.47. The Labute approximate surface area is 146 Å². The normalized spacial score (nSPS) is 15.2. The topological polar surface area (TPSA) is 63.6 Å². The van der Waals surface area contributed by atoms with E-state index in [4.69, 9.17) is 4.74 Å². The number of benzene rings is 2. The molecule has 0 bridgehead atoms. The predicted octanol–water partition coefficient (Wildman–Crippen LogP) is 4.43. The van der Waals surface area contributed by atoms with Gasteiger partial charge in [-0.2, -0.15) is 0 Å². The fourth-order valence-corrected chi connectivity index (χ4v) is 3.33. The third-order valence-electron chi connectivity index (χ3n) is 4.62. The summed E-state index contributed by atoms with van der Waals surface area (Å²) in [4.78, 5) is 14.9. The number of hydrogen-bond acceptors (Lipinski definition) is 5. The predicted molar refractivity (Wildman–Crippen MR) is 99.2 cm³/mol. The SMILES string of the molecule is O=Nc1ccc(-c2c(OC3CCNCC3)ccc3cnccc23)cc1. The van der Waals surface area contributed by atoms with Crippen molar-refractivity contribution in [1.82, 2.24) is 10.3 Å². The van der Waals surface area contributed by atoms with Crippen LogP contribution in [0.5, 0.6) is 5.75 Å². The van der Waals surface area contributed by atoms with Gasteiger partial charge in [0, 0.05) is 23.3 Å². The van der Waals surface area contributed by atoms with Gasteiger partial charge in [-0.05, 0) is 72.4 Å². The van der Waals surface area contributed by atoms with E-state index in [0.29, 0.717) is 5.69 Å². The van der Waals surface area contributed by atoms with E-state index in [-0.39, 0.29) is 6.10 Å². The molecule has 5 nitrogen and oxygen atoms in total. The molecule has 1 aliphatic rings. The number of ether oxygens (including phenoxy) is 1. The van der Waals surface area contributed by atoms with Crippen LogP contribution in [0.15, 0.2) is 60.0 Å². The summed E-state index contributed by atoms with van der Waals surface area (Å²) < 4.78 is 6.36. The lowest BCUT2D eigenvalue weighted by Gasteiger charge is -2.25. The number of pyridine rings is 1. The molecule has 25 heavy (non-hydrogen) atoms. The van der Waals surface area contributed by atoms with E-state index < -0.39 is 0 Å². The van der Waals surface area contributed by atoms with Gasteiger partial charge in [-0.15, -0.1) is 4.91 Å². The number of nitrogens with one attached hydrogen (secondary N) is 1. The van der Waals surface area contributed by atoms with Crippen molar-refractivity contribution in [3.63, 3.8) is 0 Å². The van der Waals surface area contributed by atoms with Crippen LogP contribution in [0, 0.1) is 4.91 Å². The molecule has 0 amide bonds. The number of rotatable bonds is 4. The molecule has 4 rings (SSSR count). The summed E-state index contributed by atoms with van der Waals surface area (Å²) in [6, 6.07) is 13.4. The van der Waals surface area contributed by atoms with E-state index in [9.17, 15) is 4.91 Å². The first-order chi connectivity index (χ1) is 12.3. The van der Waals surface area contributed by atoms with Crippen molar-refractivity contribution in [3.8, 4) is 16.9 Å². The third kappa shape index (κ3) is 3.23. The number of nitroso groups, excluding NO2 is 1. The zero-order valence-corrected chi connectivity index (χ0v) is 13.8. The summed E-state index contributed by atoms with van der Waals surface area (Å²) in [5, 5.41) is 8.50. The number of aromatic nitrogens is 1. The van der Waals surface area contributed by atoms with Crippen molar-refractivity contribution >= 4 is 16.5 Å². The summed E-state index contributed by atoms with van der Waals surface area (Å²) in [5.74, 6) is 0.873. The Morgan fingerprint density at radius 3 is 2.60 bits per heavy atom. The average Bonchev–Trinajstić information content (AvgIpc) is 2.69. The van der Waals surface area contributed by atoms with Crippen LogP contribution in [-0.4, -0.2) is 24.2 Å². The molecule has 3 aromatic rings. The quantitative estimate of drug-likeness (QED) is 0.717. The van der Waals surface area contributed by atoms with Crippen LogP contribution in [0.2, 0.25) is 0 Å². The largest absolute Gasteiger partial charge is 0.490 e. The second-order valence-electron chi connectivity index (χ2n) is 6.24. The molecule has 1 saturated heterocycles. The summed E-state index contributed by atoms with van der Waals surface area (Å²) in [6.07, 6.45) is 5.87. The molecule has 2 heterocycles. The van der Waals surface area contributed by atoms with Gasteiger partial charge in [-0.25, -0.2) is 0 Å². The van der Waals surface area contributed by atoms with Crippen molar-refractivity contribution in [3.05, 3.63) is 59.8 Å². The van der Waals surface area contributed by atoms with E-state index >= 15 is 0 Å². The number of hydrogen-bond donors (Lipinski definition) is 1. The molecule has 0 saturated carbocycles. The molecule has 0 unspecified atom stereocenters. The smallest absolute Gasteiger partial charge is 0.128 e. The van der Waals surface area contributed by atoms with Gasteiger partial charge < -0.3 is 10.1 Å². The first kappa shape index (κ1) is 15.7. The number of nitrogens with zero attached hydrogens (tertiary/aromatic N) is 2. The van der Waals surface area contributed by atoms with Crippen LogP contribution in [0.1, 0.15) is 12.8 Å². The maximum absolute atomic E-state index is 10.7. The van der Waals surface area contributed by atoms with E-state index in [1.807, 2.05) is 36.5 Å². The minimum atomic E-state index is 0.218. The van der Waals surface area contributed by atoms with Gasteiger partial charge in [-0.1, -0.05) is 12.1 Å². The lowest BCUT2D eigenvalue weighted by atomic mass is 9.97. The average molecular weight is 333 g/mol. The standard InChI is InChI=1S/C20H19N3O2/c24-23-16-4-1-14(2-5-16)20-18-9-12-22-13-15(18)3-6-19(20)25-17-7-10-21-11-8-17/h1-6,9,12-13,17,21H,7-8,10-11H2. The Balaban J connectivity index is 1.82. The fourth-order valence-electron chi connectivity index (χ4n) is 3.33. The highest BCUT2D eigenvalue weighted by Gasteiger charge is 2.18. The van der Waals surface area contributed by atoms with Gasteiger partial charge in [0.15, 0.2) is 0 Å². The Morgan fingerprint density at radius 1 is 1.04 bits per heavy atom. The fraction of sp³-hybridized carbons (Fsp3) is 0.250. The zero-order valence-electron chi connectivity index (χ0n) is 13.8. The minimum Gasteiger partial charge on any atom is -0.490 e. The molecule has 2 aromatic carbocycles. The van der Waals surface area contributed by atoms with Crippen LogP contribution in [0.4, 0.5) is 5.69 Å². The maximum Gasteiger partial charge on any atom is 0.128 e. The van der Waals surface area contributed by atoms with Gasteiger partial charge in [0.2, 0.25) is 0 Å². The lowest BCUT2D eigenvalue weighted by molar-refractivity contribution is 0.163. The molecule has 0 radical (unpaired) electrons. The second-order valence-corrected chi connectivity index (χ2v) is 6.24. The highest BCUT2D eigenvalue weighted by Crippen LogP contribution is 2.38.